The standard InChI is InChI=1S/C27H32N8O2/c1-4-28-13-20-14-29-15-22(17(20)2)19-6-7-23-21(12-19)25(33-32-23)26-30-16-24(31-26)27(37)35-9-5-8-34(10-11-35)18(3)36/h6-7,12,14-16,28H,4-5,8-11,13H2,1-3H3,(H,30,31)(H,32,33). The maximum absolute atomic E-state index is 13.2. The highest BCUT2D eigenvalue weighted by molar-refractivity contribution is 5.96. The van der Waals surface area contributed by atoms with Crippen LogP contribution in [0, 0.1) is 6.92 Å². The van der Waals surface area contributed by atoms with Crippen molar-refractivity contribution in [3.05, 3.63) is 53.6 Å². The Labute approximate surface area is 215 Å². The minimum absolute atomic E-state index is 0.0400. The highest BCUT2D eigenvalue weighted by Crippen LogP contribution is 2.31. The minimum atomic E-state index is -0.121. The second kappa shape index (κ2) is 10.5. The van der Waals surface area contributed by atoms with Crippen molar-refractivity contribution >= 4 is 22.7 Å². The summed E-state index contributed by atoms with van der Waals surface area (Å²) in [5.74, 6) is 0.449. The Morgan fingerprint density at radius 1 is 1.08 bits per heavy atom. The van der Waals surface area contributed by atoms with Gasteiger partial charge in [-0.15, -0.1) is 0 Å². The number of nitrogens with one attached hydrogen (secondary N) is 3. The molecule has 3 aromatic heterocycles. The molecule has 1 aliphatic rings. The Balaban J connectivity index is 1.41. The third kappa shape index (κ3) is 4.97. The predicted octanol–water partition coefficient (Wildman–Crippen LogP) is 3.13. The third-order valence-electron chi connectivity index (χ3n) is 7.02. The van der Waals surface area contributed by atoms with Gasteiger partial charge in [0.05, 0.1) is 11.7 Å². The largest absolute Gasteiger partial charge is 0.341 e. The maximum Gasteiger partial charge on any atom is 0.271 e. The molecule has 2 amide bonds. The van der Waals surface area contributed by atoms with E-state index in [0.717, 1.165) is 41.5 Å². The number of carbonyl (C=O) groups is 2. The van der Waals surface area contributed by atoms with Crippen LogP contribution < -0.4 is 5.32 Å². The molecule has 37 heavy (non-hydrogen) atoms. The van der Waals surface area contributed by atoms with Gasteiger partial charge >= 0.3 is 0 Å². The molecule has 0 atom stereocenters. The number of nitrogens with zero attached hydrogens (tertiary/aromatic N) is 5. The van der Waals surface area contributed by atoms with E-state index < -0.39 is 0 Å². The predicted molar refractivity (Wildman–Crippen MR) is 142 cm³/mol. The Morgan fingerprint density at radius 2 is 1.89 bits per heavy atom. The Bertz CT molecular complexity index is 1440. The third-order valence-corrected chi connectivity index (χ3v) is 7.02. The second-order valence-electron chi connectivity index (χ2n) is 9.38. The monoisotopic (exact) mass is 500 g/mol. The highest BCUT2D eigenvalue weighted by atomic mass is 16.2. The lowest BCUT2D eigenvalue weighted by Gasteiger charge is -2.20. The van der Waals surface area contributed by atoms with Gasteiger partial charge < -0.3 is 20.1 Å². The molecule has 0 bridgehead atoms. The molecule has 10 nitrogen and oxygen atoms in total. The van der Waals surface area contributed by atoms with Gasteiger partial charge in [0.25, 0.3) is 5.91 Å². The first-order chi connectivity index (χ1) is 18.0. The summed E-state index contributed by atoms with van der Waals surface area (Å²) in [6.07, 6.45) is 6.12. The van der Waals surface area contributed by atoms with E-state index in [-0.39, 0.29) is 11.8 Å². The number of benzene rings is 1. The summed E-state index contributed by atoms with van der Waals surface area (Å²) in [7, 11) is 0. The molecule has 0 saturated carbocycles. The van der Waals surface area contributed by atoms with Gasteiger partial charge in [0.1, 0.15) is 11.4 Å². The number of fused-ring (bicyclic) bond motifs is 1. The molecule has 0 aliphatic carbocycles. The molecule has 0 unspecified atom stereocenters. The first kappa shape index (κ1) is 24.6. The summed E-state index contributed by atoms with van der Waals surface area (Å²) < 4.78 is 0. The first-order valence-corrected chi connectivity index (χ1v) is 12.7. The fraction of sp³-hybridized carbons (Fsp3) is 0.370. The molecule has 10 heteroatoms. The molecule has 4 heterocycles. The number of H-pyrrole nitrogens is 2. The van der Waals surface area contributed by atoms with Gasteiger partial charge in [-0.2, -0.15) is 5.10 Å². The summed E-state index contributed by atoms with van der Waals surface area (Å²) in [6.45, 7) is 9.76. The lowest BCUT2D eigenvalue weighted by molar-refractivity contribution is -0.128. The van der Waals surface area contributed by atoms with Crippen LogP contribution in [-0.4, -0.2) is 79.5 Å². The number of imidazole rings is 1. The average molecular weight is 501 g/mol. The van der Waals surface area contributed by atoms with Gasteiger partial charge in [-0.25, -0.2) is 4.98 Å². The summed E-state index contributed by atoms with van der Waals surface area (Å²) >= 11 is 0. The van der Waals surface area contributed by atoms with Crippen molar-refractivity contribution in [1.82, 2.24) is 40.3 Å². The first-order valence-electron chi connectivity index (χ1n) is 12.7. The quantitative estimate of drug-likeness (QED) is 0.374. The zero-order chi connectivity index (χ0) is 25.9. The van der Waals surface area contributed by atoms with E-state index in [9.17, 15) is 9.59 Å². The van der Waals surface area contributed by atoms with Crippen molar-refractivity contribution < 1.29 is 9.59 Å². The lowest BCUT2D eigenvalue weighted by Crippen LogP contribution is -2.36. The van der Waals surface area contributed by atoms with Crippen LogP contribution in [0.5, 0.6) is 0 Å². The van der Waals surface area contributed by atoms with Crippen LogP contribution in [0.3, 0.4) is 0 Å². The van der Waals surface area contributed by atoms with Gasteiger partial charge in [0.15, 0.2) is 5.82 Å². The molecule has 1 aromatic carbocycles. The maximum atomic E-state index is 13.2. The second-order valence-corrected chi connectivity index (χ2v) is 9.38. The van der Waals surface area contributed by atoms with Crippen molar-refractivity contribution in [3.8, 4) is 22.6 Å². The van der Waals surface area contributed by atoms with Gasteiger partial charge in [0.2, 0.25) is 5.91 Å². The molecule has 0 radical (unpaired) electrons. The number of amides is 2. The van der Waals surface area contributed by atoms with Crippen molar-refractivity contribution in [2.45, 2.75) is 33.7 Å². The van der Waals surface area contributed by atoms with Crippen LogP contribution in [0.15, 0.2) is 36.8 Å². The van der Waals surface area contributed by atoms with Crippen molar-refractivity contribution in [1.29, 1.82) is 0 Å². The molecule has 1 saturated heterocycles. The van der Waals surface area contributed by atoms with E-state index in [1.807, 2.05) is 18.5 Å². The lowest BCUT2D eigenvalue weighted by atomic mass is 9.98. The fourth-order valence-electron chi connectivity index (χ4n) is 4.82. The van der Waals surface area contributed by atoms with E-state index in [2.05, 4.69) is 56.4 Å². The summed E-state index contributed by atoms with van der Waals surface area (Å²) in [6, 6.07) is 6.15. The summed E-state index contributed by atoms with van der Waals surface area (Å²) in [5, 5.41) is 11.9. The molecular weight excluding hydrogens is 468 g/mol. The highest BCUT2D eigenvalue weighted by Gasteiger charge is 2.23. The average Bonchev–Trinajstić information content (AvgIpc) is 3.47. The molecule has 0 spiro atoms. The van der Waals surface area contributed by atoms with Gasteiger partial charge in [-0.3, -0.25) is 19.7 Å². The number of aromatic amines is 2. The van der Waals surface area contributed by atoms with Crippen molar-refractivity contribution in [2.24, 2.45) is 0 Å². The number of pyridine rings is 1. The van der Waals surface area contributed by atoms with E-state index >= 15 is 0 Å². The zero-order valence-electron chi connectivity index (χ0n) is 21.5. The zero-order valence-corrected chi connectivity index (χ0v) is 21.5. The number of hydrogen-bond donors (Lipinski definition) is 3. The Hall–Kier alpha value is -4.05. The Morgan fingerprint density at radius 3 is 2.70 bits per heavy atom. The summed E-state index contributed by atoms with van der Waals surface area (Å²) in [4.78, 5) is 40.6. The van der Waals surface area contributed by atoms with Crippen molar-refractivity contribution in [2.75, 3.05) is 32.7 Å². The Kier molecular flexibility index (Phi) is 7.00. The number of aromatic nitrogens is 5. The molecule has 1 fully saturated rings. The topological polar surface area (TPSA) is 123 Å². The van der Waals surface area contributed by atoms with E-state index in [0.29, 0.717) is 43.4 Å². The molecule has 192 valence electrons. The van der Waals surface area contributed by atoms with Gasteiger partial charge in [-0.05, 0) is 48.7 Å². The van der Waals surface area contributed by atoms with Crippen molar-refractivity contribution in [3.63, 3.8) is 0 Å². The molecule has 3 N–H and O–H groups in total. The molecule has 5 rings (SSSR count). The van der Waals surface area contributed by atoms with Gasteiger partial charge in [0, 0.05) is 63.0 Å². The normalized spacial score (nSPS) is 14.2. The van der Waals surface area contributed by atoms with Crippen LogP contribution >= 0.6 is 0 Å². The smallest absolute Gasteiger partial charge is 0.271 e. The van der Waals surface area contributed by atoms with Crippen LogP contribution in [-0.2, 0) is 11.3 Å². The minimum Gasteiger partial charge on any atom is -0.341 e. The number of rotatable bonds is 6. The van der Waals surface area contributed by atoms with E-state index in [1.165, 1.54) is 11.1 Å². The SMILES string of the molecule is CCNCc1cncc(-c2ccc3[nH]nc(-c4ncc(C(=O)N5CCCN(C(C)=O)CC5)[nH]4)c3c2)c1C. The van der Waals surface area contributed by atoms with Crippen LogP contribution in [0.1, 0.15) is 41.9 Å². The van der Waals surface area contributed by atoms with Crippen LogP contribution in [0.2, 0.25) is 0 Å². The fourth-order valence-corrected chi connectivity index (χ4v) is 4.82. The molecule has 1 aliphatic heterocycles. The summed E-state index contributed by atoms with van der Waals surface area (Å²) in [5.41, 5.74) is 6.42. The number of carbonyl (C=O) groups excluding carboxylic acids is 2. The van der Waals surface area contributed by atoms with Gasteiger partial charge in [-0.1, -0.05) is 13.0 Å². The molecular formula is C27H32N8O2. The number of hydrogen-bond acceptors (Lipinski definition) is 6. The van der Waals surface area contributed by atoms with E-state index in [4.69, 9.17) is 0 Å². The van der Waals surface area contributed by atoms with E-state index in [1.54, 1.807) is 22.9 Å². The van der Waals surface area contributed by atoms with Crippen LogP contribution in [0.4, 0.5) is 0 Å². The van der Waals surface area contributed by atoms with Crippen LogP contribution in [0.25, 0.3) is 33.5 Å². The molecule has 4 aromatic rings.